The van der Waals surface area contributed by atoms with Gasteiger partial charge in [0.05, 0.1) is 0 Å². The molecule has 0 bridgehead atoms. The summed E-state index contributed by atoms with van der Waals surface area (Å²) in [6.45, 7) is 1.89. The fraction of sp³-hybridized carbons (Fsp3) is 0.235. The molecule has 0 aliphatic rings. The summed E-state index contributed by atoms with van der Waals surface area (Å²) in [5, 5.41) is 4.50. The summed E-state index contributed by atoms with van der Waals surface area (Å²) in [4.78, 5) is 4.17. The number of nitrogens with one attached hydrogen (secondary N) is 1. The minimum atomic E-state index is 0.906. The zero-order chi connectivity index (χ0) is 13.8. The summed E-state index contributed by atoms with van der Waals surface area (Å²) in [6, 6.07) is 13.0. The summed E-state index contributed by atoms with van der Waals surface area (Å²) >= 11 is 0. The molecule has 2 heterocycles. The highest BCUT2D eigenvalue weighted by atomic mass is 14.9. The summed E-state index contributed by atoms with van der Waals surface area (Å²) in [5.41, 5.74) is 3.91. The molecule has 0 aliphatic carbocycles. The zero-order valence-electron chi connectivity index (χ0n) is 11.7. The van der Waals surface area contributed by atoms with Crippen LogP contribution in [0.3, 0.4) is 0 Å². The molecule has 1 aromatic carbocycles. The highest BCUT2D eigenvalue weighted by Crippen LogP contribution is 2.18. The fourth-order valence-electron chi connectivity index (χ4n) is 2.53. The van der Waals surface area contributed by atoms with Crippen molar-refractivity contribution >= 4 is 10.9 Å². The van der Waals surface area contributed by atoms with Crippen LogP contribution in [-0.2, 0) is 19.5 Å². The number of nitrogens with zero attached hydrogens (tertiary/aromatic N) is 2. The maximum atomic E-state index is 4.17. The molecule has 3 nitrogen and oxygen atoms in total. The van der Waals surface area contributed by atoms with E-state index in [4.69, 9.17) is 0 Å². The van der Waals surface area contributed by atoms with Gasteiger partial charge < -0.3 is 9.88 Å². The van der Waals surface area contributed by atoms with Crippen molar-refractivity contribution in [3.8, 4) is 0 Å². The van der Waals surface area contributed by atoms with Gasteiger partial charge in [-0.05, 0) is 48.2 Å². The molecule has 0 unspecified atom stereocenters. The van der Waals surface area contributed by atoms with Crippen LogP contribution in [-0.4, -0.2) is 16.6 Å². The number of rotatable bonds is 5. The molecule has 0 saturated heterocycles. The Morgan fingerprint density at radius 1 is 1.15 bits per heavy atom. The molecule has 0 amide bonds. The van der Waals surface area contributed by atoms with Gasteiger partial charge in [0.1, 0.15) is 0 Å². The highest BCUT2D eigenvalue weighted by Gasteiger charge is 2.03. The van der Waals surface area contributed by atoms with E-state index in [1.165, 1.54) is 22.0 Å². The van der Waals surface area contributed by atoms with Crippen LogP contribution in [0.1, 0.15) is 11.1 Å². The first kappa shape index (κ1) is 12.9. The Labute approximate surface area is 119 Å². The third-order valence-corrected chi connectivity index (χ3v) is 3.58. The smallest absolute Gasteiger partial charge is 0.0483 e. The van der Waals surface area contributed by atoms with Crippen molar-refractivity contribution in [1.82, 2.24) is 14.9 Å². The Bertz CT molecular complexity index is 686. The number of aryl methyl sites for hydroxylation is 2. The summed E-state index contributed by atoms with van der Waals surface area (Å²) in [5.74, 6) is 0. The van der Waals surface area contributed by atoms with Crippen LogP contribution in [0.25, 0.3) is 10.9 Å². The predicted octanol–water partition coefficient (Wildman–Crippen LogP) is 3.00. The standard InChI is InChI=1S/C17H19N3/c1-18-12-15-4-5-16-7-10-20(17(16)11-15)9-6-14-3-2-8-19-13-14/h2-5,7-8,10-11,13,18H,6,9,12H2,1H3. The van der Waals surface area contributed by atoms with Crippen molar-refractivity contribution < 1.29 is 0 Å². The van der Waals surface area contributed by atoms with E-state index in [2.05, 4.69) is 51.4 Å². The Kier molecular flexibility index (Phi) is 3.79. The van der Waals surface area contributed by atoms with E-state index in [1.54, 1.807) is 0 Å². The second-order valence-electron chi connectivity index (χ2n) is 5.04. The molecule has 20 heavy (non-hydrogen) atoms. The molecule has 0 aliphatic heterocycles. The van der Waals surface area contributed by atoms with Crippen molar-refractivity contribution in [2.24, 2.45) is 0 Å². The predicted molar refractivity (Wildman–Crippen MR) is 82.6 cm³/mol. The van der Waals surface area contributed by atoms with Crippen molar-refractivity contribution in [1.29, 1.82) is 0 Å². The first-order chi connectivity index (χ1) is 9.86. The zero-order valence-corrected chi connectivity index (χ0v) is 11.7. The quantitative estimate of drug-likeness (QED) is 0.768. The first-order valence-electron chi connectivity index (χ1n) is 6.98. The average molecular weight is 265 g/mol. The van der Waals surface area contributed by atoms with Crippen LogP contribution in [0.4, 0.5) is 0 Å². The van der Waals surface area contributed by atoms with Gasteiger partial charge in [-0.25, -0.2) is 0 Å². The summed E-state index contributed by atoms with van der Waals surface area (Å²) in [6.07, 6.45) is 6.94. The van der Waals surface area contributed by atoms with E-state index in [0.29, 0.717) is 0 Å². The SMILES string of the molecule is CNCc1ccc2ccn(CCc3cccnc3)c2c1. The van der Waals surface area contributed by atoms with E-state index < -0.39 is 0 Å². The lowest BCUT2D eigenvalue weighted by Gasteiger charge is -2.07. The second kappa shape index (κ2) is 5.88. The van der Waals surface area contributed by atoms with E-state index in [-0.39, 0.29) is 0 Å². The third-order valence-electron chi connectivity index (χ3n) is 3.58. The Morgan fingerprint density at radius 2 is 2.10 bits per heavy atom. The first-order valence-corrected chi connectivity index (χ1v) is 6.98. The number of benzene rings is 1. The number of hydrogen-bond acceptors (Lipinski definition) is 2. The summed E-state index contributed by atoms with van der Waals surface area (Å²) < 4.78 is 2.32. The minimum Gasteiger partial charge on any atom is -0.347 e. The molecule has 3 aromatic rings. The fourth-order valence-corrected chi connectivity index (χ4v) is 2.53. The number of pyridine rings is 1. The van der Waals surface area contributed by atoms with Gasteiger partial charge in [0.15, 0.2) is 0 Å². The van der Waals surface area contributed by atoms with Gasteiger partial charge in [-0.15, -0.1) is 0 Å². The average Bonchev–Trinajstić information content (AvgIpc) is 2.89. The van der Waals surface area contributed by atoms with E-state index in [0.717, 1.165) is 19.5 Å². The minimum absolute atomic E-state index is 0.906. The van der Waals surface area contributed by atoms with Gasteiger partial charge in [0.25, 0.3) is 0 Å². The molecule has 0 saturated carbocycles. The van der Waals surface area contributed by atoms with E-state index in [1.807, 2.05) is 25.5 Å². The second-order valence-corrected chi connectivity index (χ2v) is 5.04. The van der Waals surface area contributed by atoms with Crippen molar-refractivity contribution in [3.63, 3.8) is 0 Å². The van der Waals surface area contributed by atoms with Gasteiger partial charge >= 0.3 is 0 Å². The van der Waals surface area contributed by atoms with Crippen LogP contribution in [0.15, 0.2) is 55.0 Å². The van der Waals surface area contributed by atoms with Gasteiger partial charge in [-0.1, -0.05) is 18.2 Å². The third kappa shape index (κ3) is 2.73. The lowest BCUT2D eigenvalue weighted by molar-refractivity contribution is 0.720. The molecule has 2 aromatic heterocycles. The largest absolute Gasteiger partial charge is 0.347 e. The maximum Gasteiger partial charge on any atom is 0.0483 e. The van der Waals surface area contributed by atoms with Crippen LogP contribution in [0.5, 0.6) is 0 Å². The maximum absolute atomic E-state index is 4.17. The number of fused-ring (bicyclic) bond motifs is 1. The van der Waals surface area contributed by atoms with Gasteiger partial charge in [0, 0.05) is 37.2 Å². The Balaban J connectivity index is 1.82. The molecule has 0 radical (unpaired) electrons. The molecule has 1 N–H and O–H groups in total. The lowest BCUT2D eigenvalue weighted by atomic mass is 10.1. The molecule has 0 spiro atoms. The van der Waals surface area contributed by atoms with Crippen LogP contribution in [0.2, 0.25) is 0 Å². The van der Waals surface area contributed by atoms with E-state index in [9.17, 15) is 0 Å². The molecule has 0 fully saturated rings. The van der Waals surface area contributed by atoms with Gasteiger partial charge in [0.2, 0.25) is 0 Å². The van der Waals surface area contributed by atoms with Crippen LogP contribution in [0, 0.1) is 0 Å². The molecule has 3 heteroatoms. The Hall–Kier alpha value is -2.13. The molecular formula is C17H19N3. The number of aromatic nitrogens is 2. The molecule has 3 rings (SSSR count). The molecular weight excluding hydrogens is 246 g/mol. The van der Waals surface area contributed by atoms with Crippen molar-refractivity contribution in [3.05, 3.63) is 66.1 Å². The highest BCUT2D eigenvalue weighted by molar-refractivity contribution is 5.80. The summed E-state index contributed by atoms with van der Waals surface area (Å²) in [7, 11) is 1.98. The van der Waals surface area contributed by atoms with Crippen molar-refractivity contribution in [2.45, 2.75) is 19.5 Å². The number of hydrogen-bond donors (Lipinski definition) is 1. The van der Waals surface area contributed by atoms with E-state index >= 15 is 0 Å². The van der Waals surface area contributed by atoms with Crippen LogP contribution >= 0.6 is 0 Å². The van der Waals surface area contributed by atoms with Gasteiger partial charge in [-0.3, -0.25) is 4.98 Å². The van der Waals surface area contributed by atoms with Gasteiger partial charge in [-0.2, -0.15) is 0 Å². The monoisotopic (exact) mass is 265 g/mol. The van der Waals surface area contributed by atoms with Crippen molar-refractivity contribution in [2.75, 3.05) is 7.05 Å². The lowest BCUT2D eigenvalue weighted by Crippen LogP contribution is -2.05. The normalized spacial score (nSPS) is 11.1. The van der Waals surface area contributed by atoms with Crippen LogP contribution < -0.4 is 5.32 Å². The molecule has 0 atom stereocenters. The topological polar surface area (TPSA) is 29.9 Å². The Morgan fingerprint density at radius 3 is 2.90 bits per heavy atom. The molecule has 102 valence electrons.